The van der Waals surface area contributed by atoms with E-state index in [0.717, 1.165) is 5.56 Å². The van der Waals surface area contributed by atoms with Gasteiger partial charge in [0, 0.05) is 11.8 Å². The van der Waals surface area contributed by atoms with E-state index in [9.17, 15) is 4.79 Å². The Morgan fingerprint density at radius 2 is 1.92 bits per heavy atom. The number of para-hydroxylation sites is 1. The molecule has 1 heterocycles. The number of rotatable bonds is 3. The summed E-state index contributed by atoms with van der Waals surface area (Å²) in [7, 11) is 0. The molecule has 0 saturated heterocycles. The van der Waals surface area contributed by atoms with Gasteiger partial charge >= 0.3 is 0 Å². The summed E-state index contributed by atoms with van der Waals surface area (Å²) in [5.41, 5.74) is 1.79. The standard InChI is InChI=1S/C16H10Cl2N4OS/c17-11-6-5-9(7-12(11)18)8-19-13-4-2-1-3-10(13)14-15(23)20-16(24)22-21-14/h1-8H,(H2,20,22,23,24). The maximum Gasteiger partial charge on any atom is 0.278 e. The van der Waals surface area contributed by atoms with Gasteiger partial charge in [-0.3, -0.25) is 19.9 Å². The second kappa shape index (κ2) is 7.09. The van der Waals surface area contributed by atoms with Crippen molar-refractivity contribution in [2.24, 2.45) is 4.99 Å². The van der Waals surface area contributed by atoms with Gasteiger partial charge < -0.3 is 0 Å². The van der Waals surface area contributed by atoms with Crippen LogP contribution in [-0.2, 0) is 0 Å². The Morgan fingerprint density at radius 1 is 1.12 bits per heavy atom. The van der Waals surface area contributed by atoms with Crippen LogP contribution in [0.2, 0.25) is 10.0 Å². The highest BCUT2D eigenvalue weighted by Crippen LogP contribution is 2.27. The lowest BCUT2D eigenvalue weighted by atomic mass is 10.1. The van der Waals surface area contributed by atoms with E-state index in [0.29, 0.717) is 21.3 Å². The number of hydrogen-bond donors (Lipinski definition) is 2. The molecule has 120 valence electrons. The molecule has 0 atom stereocenters. The first-order valence-electron chi connectivity index (χ1n) is 6.82. The van der Waals surface area contributed by atoms with Gasteiger partial charge in [0.2, 0.25) is 0 Å². The Labute approximate surface area is 152 Å². The maximum absolute atomic E-state index is 12.1. The number of H-pyrrole nitrogens is 2. The van der Waals surface area contributed by atoms with E-state index in [4.69, 9.17) is 35.4 Å². The molecule has 0 aliphatic rings. The smallest absolute Gasteiger partial charge is 0.278 e. The number of aromatic nitrogens is 3. The molecular weight excluding hydrogens is 367 g/mol. The largest absolute Gasteiger partial charge is 0.296 e. The fourth-order valence-electron chi connectivity index (χ4n) is 2.05. The van der Waals surface area contributed by atoms with Crippen molar-refractivity contribution in [1.29, 1.82) is 0 Å². The van der Waals surface area contributed by atoms with Gasteiger partial charge in [-0.2, -0.15) is 5.10 Å². The number of aromatic amines is 2. The predicted molar refractivity (Wildman–Crippen MR) is 99.2 cm³/mol. The first-order chi connectivity index (χ1) is 11.5. The maximum atomic E-state index is 12.1. The van der Waals surface area contributed by atoms with Crippen LogP contribution >= 0.6 is 35.4 Å². The number of halogens is 2. The van der Waals surface area contributed by atoms with Gasteiger partial charge in [0.15, 0.2) is 10.5 Å². The predicted octanol–water partition coefficient (Wildman–Crippen LogP) is 4.55. The minimum absolute atomic E-state index is 0.167. The van der Waals surface area contributed by atoms with Crippen LogP contribution in [0.5, 0.6) is 0 Å². The topological polar surface area (TPSA) is 73.9 Å². The van der Waals surface area contributed by atoms with E-state index in [2.05, 4.69) is 20.2 Å². The number of aliphatic imine (C=N–C) groups is 1. The SMILES string of the molecule is O=c1[nH]c(=S)[nH]nc1-c1ccccc1N=Cc1ccc(Cl)c(Cl)c1. The highest BCUT2D eigenvalue weighted by molar-refractivity contribution is 7.71. The molecule has 0 aliphatic heterocycles. The van der Waals surface area contributed by atoms with Crippen molar-refractivity contribution < 1.29 is 0 Å². The minimum Gasteiger partial charge on any atom is -0.296 e. The number of nitrogens with zero attached hydrogens (tertiary/aromatic N) is 2. The second-order valence-corrected chi connectivity index (χ2v) is 6.03. The molecule has 1 aromatic heterocycles. The first-order valence-corrected chi connectivity index (χ1v) is 7.98. The lowest BCUT2D eigenvalue weighted by molar-refractivity contribution is 0.932. The Hall–Kier alpha value is -2.28. The first kappa shape index (κ1) is 16.6. The molecule has 8 heteroatoms. The van der Waals surface area contributed by atoms with Crippen molar-refractivity contribution in [2.75, 3.05) is 0 Å². The number of nitrogens with one attached hydrogen (secondary N) is 2. The van der Waals surface area contributed by atoms with E-state index in [-0.39, 0.29) is 16.0 Å². The van der Waals surface area contributed by atoms with Crippen molar-refractivity contribution in [2.45, 2.75) is 0 Å². The van der Waals surface area contributed by atoms with E-state index in [1.165, 1.54) is 0 Å². The Kier molecular flexibility index (Phi) is 4.89. The van der Waals surface area contributed by atoms with Crippen molar-refractivity contribution in [3.63, 3.8) is 0 Å². The van der Waals surface area contributed by atoms with Crippen molar-refractivity contribution in [3.8, 4) is 11.3 Å². The van der Waals surface area contributed by atoms with Crippen LogP contribution in [0.25, 0.3) is 11.3 Å². The zero-order valence-corrected chi connectivity index (χ0v) is 14.4. The van der Waals surface area contributed by atoms with Crippen LogP contribution in [0.15, 0.2) is 52.3 Å². The van der Waals surface area contributed by atoms with Crippen molar-refractivity contribution >= 4 is 47.3 Å². The molecule has 0 spiro atoms. The minimum atomic E-state index is -0.379. The van der Waals surface area contributed by atoms with E-state index >= 15 is 0 Å². The summed E-state index contributed by atoms with van der Waals surface area (Å²) < 4.78 is 0.167. The zero-order valence-electron chi connectivity index (χ0n) is 12.1. The van der Waals surface area contributed by atoms with E-state index in [1.807, 2.05) is 6.07 Å². The summed E-state index contributed by atoms with van der Waals surface area (Å²) in [4.78, 5) is 19.0. The van der Waals surface area contributed by atoms with E-state index < -0.39 is 0 Å². The fraction of sp³-hybridized carbons (Fsp3) is 0. The molecule has 3 rings (SSSR count). The summed E-state index contributed by atoms with van der Waals surface area (Å²) in [6.07, 6.45) is 1.64. The fourth-order valence-corrected chi connectivity index (χ4v) is 2.50. The molecule has 0 amide bonds. The number of benzene rings is 2. The highest BCUT2D eigenvalue weighted by atomic mass is 35.5. The van der Waals surface area contributed by atoms with Crippen molar-refractivity contribution in [1.82, 2.24) is 15.2 Å². The van der Waals surface area contributed by atoms with Gasteiger partial charge in [-0.05, 0) is 36.0 Å². The summed E-state index contributed by atoms with van der Waals surface area (Å²) in [6, 6.07) is 12.4. The van der Waals surface area contributed by atoms with Crippen LogP contribution < -0.4 is 5.56 Å². The van der Waals surface area contributed by atoms with Crippen molar-refractivity contribution in [3.05, 3.63) is 73.2 Å². The molecule has 0 aliphatic carbocycles. The molecule has 2 aromatic carbocycles. The normalized spacial score (nSPS) is 11.1. The molecule has 2 N–H and O–H groups in total. The summed E-state index contributed by atoms with van der Waals surface area (Å²) in [5, 5.41) is 7.51. The Balaban J connectivity index is 2.03. The Morgan fingerprint density at radius 3 is 2.67 bits per heavy atom. The van der Waals surface area contributed by atoms with Gasteiger partial charge in [-0.15, -0.1) is 0 Å². The molecule has 5 nitrogen and oxygen atoms in total. The molecule has 0 unspecified atom stereocenters. The van der Waals surface area contributed by atoms with Gasteiger partial charge in [0.25, 0.3) is 5.56 Å². The third-order valence-electron chi connectivity index (χ3n) is 3.17. The molecule has 3 aromatic rings. The molecular formula is C16H10Cl2N4OS. The molecule has 0 bridgehead atoms. The van der Waals surface area contributed by atoms with Crippen LogP contribution in [-0.4, -0.2) is 21.4 Å². The summed E-state index contributed by atoms with van der Waals surface area (Å²) in [6.45, 7) is 0. The van der Waals surface area contributed by atoms with Gasteiger partial charge in [0.05, 0.1) is 15.7 Å². The van der Waals surface area contributed by atoms with E-state index in [1.54, 1.807) is 42.6 Å². The Bertz CT molecular complexity index is 1040. The average Bonchev–Trinajstić information content (AvgIpc) is 2.56. The van der Waals surface area contributed by atoms with Gasteiger partial charge in [0.1, 0.15) is 0 Å². The highest BCUT2D eigenvalue weighted by Gasteiger charge is 2.09. The van der Waals surface area contributed by atoms with Gasteiger partial charge in [-0.1, -0.05) is 47.5 Å². The van der Waals surface area contributed by atoms with Crippen LogP contribution in [0.1, 0.15) is 5.56 Å². The summed E-state index contributed by atoms with van der Waals surface area (Å²) in [5.74, 6) is 0. The third-order valence-corrected chi connectivity index (χ3v) is 4.10. The molecule has 0 fully saturated rings. The van der Waals surface area contributed by atoms with Crippen LogP contribution in [0, 0.1) is 4.77 Å². The molecule has 0 saturated carbocycles. The monoisotopic (exact) mass is 376 g/mol. The summed E-state index contributed by atoms with van der Waals surface area (Å²) >= 11 is 16.7. The molecule has 24 heavy (non-hydrogen) atoms. The number of hydrogen-bond acceptors (Lipinski definition) is 4. The quantitative estimate of drug-likeness (QED) is 0.519. The lowest BCUT2D eigenvalue weighted by Crippen LogP contribution is -2.12. The molecule has 0 radical (unpaired) electrons. The second-order valence-electron chi connectivity index (χ2n) is 4.80. The average molecular weight is 377 g/mol. The third kappa shape index (κ3) is 3.62. The lowest BCUT2D eigenvalue weighted by Gasteiger charge is -2.04. The van der Waals surface area contributed by atoms with Crippen LogP contribution in [0.3, 0.4) is 0 Å². The zero-order chi connectivity index (χ0) is 17.1. The van der Waals surface area contributed by atoms with Gasteiger partial charge in [-0.25, -0.2) is 0 Å². The van der Waals surface area contributed by atoms with Crippen LogP contribution in [0.4, 0.5) is 5.69 Å².